The third-order valence-electron chi connectivity index (χ3n) is 2.20. The summed E-state index contributed by atoms with van der Waals surface area (Å²) in [7, 11) is 0. The van der Waals surface area contributed by atoms with Crippen LogP contribution in [0.5, 0.6) is 0 Å². The molecule has 2 amide bonds. The van der Waals surface area contributed by atoms with Gasteiger partial charge in [0.05, 0.1) is 5.69 Å². The maximum atomic E-state index is 13.0. The molecule has 1 aromatic rings. The molecule has 3 nitrogen and oxygen atoms in total. The number of amides is 2. The van der Waals surface area contributed by atoms with E-state index in [9.17, 15) is 14.0 Å². The first-order valence-electron chi connectivity index (χ1n) is 4.40. The van der Waals surface area contributed by atoms with Gasteiger partial charge in [0.1, 0.15) is 5.82 Å². The third kappa shape index (κ3) is 1.79. The average Bonchev–Trinajstić information content (AvgIpc) is 2.51. The van der Waals surface area contributed by atoms with E-state index in [0.717, 1.165) is 4.90 Å². The number of carbonyl (C=O) groups is 2. The van der Waals surface area contributed by atoms with E-state index in [1.165, 1.54) is 18.2 Å². The highest BCUT2D eigenvalue weighted by atomic mass is 79.9. The summed E-state index contributed by atoms with van der Waals surface area (Å²) in [6.45, 7) is 0. The highest BCUT2D eigenvalue weighted by molar-refractivity contribution is 9.10. The van der Waals surface area contributed by atoms with Crippen LogP contribution in [0.2, 0.25) is 0 Å². The van der Waals surface area contributed by atoms with Crippen LogP contribution in [-0.4, -0.2) is 11.8 Å². The smallest absolute Gasteiger partial charge is 0.234 e. The highest BCUT2D eigenvalue weighted by Gasteiger charge is 2.31. The van der Waals surface area contributed by atoms with Gasteiger partial charge in [-0.15, -0.1) is 0 Å². The Balaban J connectivity index is 2.48. The Bertz CT molecular complexity index is 431. The number of anilines is 1. The van der Waals surface area contributed by atoms with Crippen LogP contribution >= 0.6 is 15.9 Å². The molecule has 0 spiro atoms. The van der Waals surface area contributed by atoms with Crippen LogP contribution in [0, 0.1) is 5.82 Å². The van der Waals surface area contributed by atoms with E-state index in [1.54, 1.807) is 0 Å². The van der Waals surface area contributed by atoms with Crippen LogP contribution in [0.25, 0.3) is 0 Å². The minimum atomic E-state index is -0.472. The van der Waals surface area contributed by atoms with Crippen LogP contribution in [-0.2, 0) is 9.59 Å². The van der Waals surface area contributed by atoms with E-state index in [4.69, 9.17) is 0 Å². The monoisotopic (exact) mass is 271 g/mol. The lowest BCUT2D eigenvalue weighted by Gasteiger charge is -2.15. The second-order valence-electron chi connectivity index (χ2n) is 3.22. The molecule has 78 valence electrons. The fourth-order valence-corrected chi connectivity index (χ4v) is 1.93. The van der Waals surface area contributed by atoms with Gasteiger partial charge in [-0.25, -0.2) is 9.29 Å². The van der Waals surface area contributed by atoms with Crippen molar-refractivity contribution in [3.05, 3.63) is 28.5 Å². The van der Waals surface area contributed by atoms with Gasteiger partial charge in [0.25, 0.3) is 0 Å². The molecule has 1 fully saturated rings. The SMILES string of the molecule is O=C1CCC(=O)N1c1cc(F)ccc1Br. The number of rotatable bonds is 1. The Labute approximate surface area is 94.0 Å². The summed E-state index contributed by atoms with van der Waals surface area (Å²) >= 11 is 3.18. The predicted octanol–water partition coefficient (Wildman–Crippen LogP) is 2.24. The number of hydrogen-bond donors (Lipinski definition) is 0. The molecule has 0 aliphatic carbocycles. The average molecular weight is 272 g/mol. The van der Waals surface area contributed by atoms with Crippen LogP contribution in [0.4, 0.5) is 10.1 Å². The van der Waals surface area contributed by atoms with Gasteiger partial charge in [-0.05, 0) is 34.1 Å². The second-order valence-corrected chi connectivity index (χ2v) is 4.07. The van der Waals surface area contributed by atoms with E-state index >= 15 is 0 Å². The van der Waals surface area contributed by atoms with Gasteiger partial charge in [-0.2, -0.15) is 0 Å². The molecule has 1 heterocycles. The maximum absolute atomic E-state index is 13.0. The lowest BCUT2D eigenvalue weighted by atomic mass is 10.3. The van der Waals surface area contributed by atoms with Crippen molar-refractivity contribution in [3.63, 3.8) is 0 Å². The molecule has 0 unspecified atom stereocenters. The first-order valence-corrected chi connectivity index (χ1v) is 5.20. The van der Waals surface area contributed by atoms with Crippen LogP contribution in [0.15, 0.2) is 22.7 Å². The number of imide groups is 1. The van der Waals surface area contributed by atoms with Gasteiger partial charge < -0.3 is 0 Å². The summed E-state index contributed by atoms with van der Waals surface area (Å²) in [5, 5.41) is 0. The van der Waals surface area contributed by atoms with Crippen molar-refractivity contribution in [2.45, 2.75) is 12.8 Å². The molecule has 15 heavy (non-hydrogen) atoms. The fraction of sp³-hybridized carbons (Fsp3) is 0.200. The Morgan fingerprint density at radius 3 is 2.40 bits per heavy atom. The van der Waals surface area contributed by atoms with Crippen molar-refractivity contribution < 1.29 is 14.0 Å². The summed E-state index contributed by atoms with van der Waals surface area (Å²) in [4.78, 5) is 23.8. The van der Waals surface area contributed by atoms with Gasteiger partial charge in [-0.3, -0.25) is 9.59 Å². The summed E-state index contributed by atoms with van der Waals surface area (Å²) in [6, 6.07) is 3.91. The van der Waals surface area contributed by atoms with Crippen LogP contribution in [0.1, 0.15) is 12.8 Å². The summed E-state index contributed by atoms with van der Waals surface area (Å²) in [5.74, 6) is -1.04. The number of nitrogens with zero attached hydrogens (tertiary/aromatic N) is 1. The summed E-state index contributed by atoms with van der Waals surface area (Å²) in [6.07, 6.45) is 0.392. The molecule has 0 aromatic heterocycles. The highest BCUT2D eigenvalue weighted by Crippen LogP contribution is 2.30. The van der Waals surface area contributed by atoms with Crippen molar-refractivity contribution in [2.24, 2.45) is 0 Å². The topological polar surface area (TPSA) is 37.4 Å². The predicted molar refractivity (Wildman–Crippen MR) is 55.8 cm³/mol. The van der Waals surface area contributed by atoms with E-state index in [2.05, 4.69) is 15.9 Å². The van der Waals surface area contributed by atoms with E-state index in [-0.39, 0.29) is 30.3 Å². The molecule has 0 radical (unpaired) electrons. The van der Waals surface area contributed by atoms with Crippen molar-refractivity contribution >= 4 is 33.4 Å². The summed E-state index contributed by atoms with van der Waals surface area (Å²) < 4.78 is 13.5. The molecule has 0 bridgehead atoms. The molecule has 5 heteroatoms. The quantitative estimate of drug-likeness (QED) is 0.735. The largest absolute Gasteiger partial charge is 0.274 e. The van der Waals surface area contributed by atoms with Crippen LogP contribution in [0.3, 0.4) is 0 Å². The third-order valence-corrected chi connectivity index (χ3v) is 2.87. The lowest BCUT2D eigenvalue weighted by Crippen LogP contribution is -2.28. The minimum absolute atomic E-state index is 0.196. The van der Waals surface area contributed by atoms with Gasteiger partial charge >= 0.3 is 0 Å². The molecule has 2 rings (SSSR count). The van der Waals surface area contributed by atoms with Crippen molar-refractivity contribution in [3.8, 4) is 0 Å². The first-order chi connectivity index (χ1) is 7.09. The van der Waals surface area contributed by atoms with Gasteiger partial charge in [-0.1, -0.05) is 0 Å². The molecular formula is C10H7BrFNO2. The van der Waals surface area contributed by atoms with E-state index in [1.807, 2.05) is 0 Å². The Hall–Kier alpha value is -1.23. The van der Waals surface area contributed by atoms with Crippen molar-refractivity contribution in [2.75, 3.05) is 4.90 Å². The zero-order valence-corrected chi connectivity index (χ0v) is 9.25. The van der Waals surface area contributed by atoms with Gasteiger partial charge in [0, 0.05) is 17.3 Å². The number of benzene rings is 1. The Morgan fingerprint density at radius 2 is 1.80 bits per heavy atom. The normalized spacial score (nSPS) is 16.3. The Morgan fingerprint density at radius 1 is 1.20 bits per heavy atom. The van der Waals surface area contributed by atoms with Crippen LogP contribution < -0.4 is 4.90 Å². The zero-order valence-electron chi connectivity index (χ0n) is 7.67. The van der Waals surface area contributed by atoms with Crippen molar-refractivity contribution in [1.82, 2.24) is 0 Å². The molecule has 0 atom stereocenters. The molecule has 1 aliphatic rings. The van der Waals surface area contributed by atoms with Gasteiger partial charge in [0.15, 0.2) is 0 Å². The Kier molecular flexibility index (Phi) is 2.56. The standard InChI is InChI=1S/C10H7BrFNO2/c11-7-2-1-6(12)5-8(7)13-9(14)3-4-10(13)15/h1-2,5H,3-4H2. The maximum Gasteiger partial charge on any atom is 0.234 e. The molecular weight excluding hydrogens is 265 g/mol. The van der Waals surface area contributed by atoms with E-state index in [0.29, 0.717) is 4.47 Å². The zero-order chi connectivity index (χ0) is 11.0. The first kappa shape index (κ1) is 10.3. The number of hydrogen-bond acceptors (Lipinski definition) is 2. The molecule has 1 aliphatic heterocycles. The fourth-order valence-electron chi connectivity index (χ4n) is 1.50. The van der Waals surface area contributed by atoms with E-state index < -0.39 is 5.82 Å². The van der Waals surface area contributed by atoms with Gasteiger partial charge in [0.2, 0.25) is 11.8 Å². The number of carbonyl (C=O) groups excluding carboxylic acids is 2. The number of halogens is 2. The second kappa shape index (κ2) is 3.73. The lowest BCUT2D eigenvalue weighted by molar-refractivity contribution is -0.121. The summed E-state index contributed by atoms with van der Waals surface area (Å²) in [5.41, 5.74) is 0.280. The molecule has 0 N–H and O–H groups in total. The molecule has 1 saturated heterocycles. The van der Waals surface area contributed by atoms with Crippen molar-refractivity contribution in [1.29, 1.82) is 0 Å². The minimum Gasteiger partial charge on any atom is -0.274 e. The molecule has 1 aromatic carbocycles. The molecule has 0 saturated carbocycles.